The quantitative estimate of drug-likeness (QED) is 0.486. The molecule has 0 unspecified atom stereocenters. The van der Waals surface area contributed by atoms with Crippen LogP contribution in [0, 0.1) is 0 Å². The number of para-hydroxylation sites is 1. The third-order valence-corrected chi connectivity index (χ3v) is 3.96. The Hall–Kier alpha value is -2.13. The van der Waals surface area contributed by atoms with E-state index >= 15 is 0 Å². The van der Waals surface area contributed by atoms with Crippen LogP contribution in [-0.2, 0) is 0 Å². The molecule has 0 bridgehead atoms. The number of hydrogen-bond acceptors (Lipinski definition) is 1. The SMILES string of the molecule is Brc1cccc(-c2cn3c(ccc4ccccc43)n2)c1. The topological polar surface area (TPSA) is 17.3 Å². The third-order valence-electron chi connectivity index (χ3n) is 3.46. The summed E-state index contributed by atoms with van der Waals surface area (Å²) >= 11 is 3.51. The second kappa shape index (κ2) is 4.46. The minimum atomic E-state index is 0.971. The van der Waals surface area contributed by atoms with Crippen molar-refractivity contribution in [3.8, 4) is 11.3 Å². The monoisotopic (exact) mass is 322 g/mol. The Morgan fingerprint density at radius 3 is 2.70 bits per heavy atom. The minimum Gasteiger partial charge on any atom is -0.299 e. The smallest absolute Gasteiger partial charge is 0.137 e. The van der Waals surface area contributed by atoms with E-state index in [1.807, 2.05) is 12.1 Å². The molecule has 0 aliphatic heterocycles. The van der Waals surface area contributed by atoms with Gasteiger partial charge < -0.3 is 0 Å². The summed E-state index contributed by atoms with van der Waals surface area (Å²) in [6, 6.07) is 20.7. The highest BCUT2D eigenvalue weighted by Crippen LogP contribution is 2.25. The molecule has 4 rings (SSSR count). The number of imidazole rings is 1. The molecule has 3 heteroatoms. The lowest BCUT2D eigenvalue weighted by atomic mass is 10.2. The summed E-state index contributed by atoms with van der Waals surface area (Å²) in [6.07, 6.45) is 2.10. The standard InChI is InChI=1S/C17H11BrN2/c18-14-6-3-5-13(10-14)15-11-20-16-7-2-1-4-12(16)8-9-17(20)19-15/h1-11H. The fourth-order valence-corrected chi connectivity index (χ4v) is 2.90. The lowest BCUT2D eigenvalue weighted by Gasteiger charge is -2.00. The van der Waals surface area contributed by atoms with Gasteiger partial charge in [0.15, 0.2) is 0 Å². The maximum atomic E-state index is 4.72. The number of hydrogen-bond donors (Lipinski definition) is 0. The Kier molecular flexibility index (Phi) is 2.60. The molecule has 2 nitrogen and oxygen atoms in total. The van der Waals surface area contributed by atoms with Crippen LogP contribution >= 0.6 is 15.9 Å². The molecule has 2 heterocycles. The summed E-state index contributed by atoms with van der Waals surface area (Å²) in [6.45, 7) is 0. The molecule has 20 heavy (non-hydrogen) atoms. The summed E-state index contributed by atoms with van der Waals surface area (Å²) in [4.78, 5) is 4.72. The van der Waals surface area contributed by atoms with Gasteiger partial charge in [0.25, 0.3) is 0 Å². The number of pyridine rings is 1. The van der Waals surface area contributed by atoms with Crippen LogP contribution in [0.4, 0.5) is 0 Å². The van der Waals surface area contributed by atoms with Crippen molar-refractivity contribution in [2.24, 2.45) is 0 Å². The van der Waals surface area contributed by atoms with Crippen molar-refractivity contribution in [1.29, 1.82) is 0 Å². The van der Waals surface area contributed by atoms with Crippen molar-refractivity contribution in [2.75, 3.05) is 0 Å². The molecule has 0 aliphatic carbocycles. The Labute approximate surface area is 124 Å². The second-order valence-electron chi connectivity index (χ2n) is 4.76. The Morgan fingerprint density at radius 1 is 0.900 bits per heavy atom. The number of halogens is 1. The predicted octanol–water partition coefficient (Wildman–Crippen LogP) is 4.92. The molecule has 2 aromatic carbocycles. The van der Waals surface area contributed by atoms with Crippen LogP contribution in [0.3, 0.4) is 0 Å². The van der Waals surface area contributed by atoms with E-state index in [9.17, 15) is 0 Å². The van der Waals surface area contributed by atoms with Crippen molar-refractivity contribution in [3.05, 3.63) is 71.3 Å². The molecule has 0 saturated carbocycles. The molecule has 96 valence electrons. The minimum absolute atomic E-state index is 0.971. The van der Waals surface area contributed by atoms with Crippen LogP contribution in [0.1, 0.15) is 0 Å². The molecular formula is C17H11BrN2. The second-order valence-corrected chi connectivity index (χ2v) is 5.67. The third kappa shape index (κ3) is 1.82. The van der Waals surface area contributed by atoms with Gasteiger partial charge in [-0.15, -0.1) is 0 Å². The van der Waals surface area contributed by atoms with Crippen LogP contribution in [0.5, 0.6) is 0 Å². The van der Waals surface area contributed by atoms with Gasteiger partial charge in [0.2, 0.25) is 0 Å². The summed E-state index contributed by atoms with van der Waals surface area (Å²) < 4.78 is 3.21. The van der Waals surface area contributed by atoms with Crippen molar-refractivity contribution in [1.82, 2.24) is 9.38 Å². The number of fused-ring (bicyclic) bond motifs is 3. The highest BCUT2D eigenvalue weighted by atomic mass is 79.9. The number of nitrogens with zero attached hydrogens (tertiary/aromatic N) is 2. The number of rotatable bonds is 1. The lowest BCUT2D eigenvalue weighted by molar-refractivity contribution is 1.26. The first-order valence-electron chi connectivity index (χ1n) is 6.44. The van der Waals surface area contributed by atoms with E-state index in [2.05, 4.69) is 75.1 Å². The van der Waals surface area contributed by atoms with Gasteiger partial charge >= 0.3 is 0 Å². The molecule has 0 N–H and O–H groups in total. The van der Waals surface area contributed by atoms with E-state index in [0.717, 1.165) is 21.4 Å². The summed E-state index contributed by atoms with van der Waals surface area (Å²) in [7, 11) is 0. The molecule has 0 spiro atoms. The van der Waals surface area contributed by atoms with Crippen LogP contribution in [0.15, 0.2) is 71.3 Å². The fraction of sp³-hybridized carbons (Fsp3) is 0. The van der Waals surface area contributed by atoms with Gasteiger partial charge in [-0.25, -0.2) is 4.98 Å². The van der Waals surface area contributed by atoms with Crippen LogP contribution in [0.2, 0.25) is 0 Å². The molecular weight excluding hydrogens is 312 g/mol. The zero-order chi connectivity index (χ0) is 13.5. The molecule has 0 atom stereocenters. The molecule has 2 aromatic heterocycles. The zero-order valence-corrected chi connectivity index (χ0v) is 12.2. The lowest BCUT2D eigenvalue weighted by Crippen LogP contribution is -1.85. The predicted molar refractivity (Wildman–Crippen MR) is 85.8 cm³/mol. The van der Waals surface area contributed by atoms with E-state index in [1.165, 1.54) is 10.9 Å². The van der Waals surface area contributed by atoms with E-state index in [-0.39, 0.29) is 0 Å². The van der Waals surface area contributed by atoms with Gasteiger partial charge in [0.05, 0.1) is 11.2 Å². The van der Waals surface area contributed by atoms with Crippen molar-refractivity contribution < 1.29 is 0 Å². The highest BCUT2D eigenvalue weighted by Gasteiger charge is 2.06. The maximum absolute atomic E-state index is 4.72. The zero-order valence-electron chi connectivity index (χ0n) is 10.6. The van der Waals surface area contributed by atoms with E-state index < -0.39 is 0 Å². The maximum Gasteiger partial charge on any atom is 0.137 e. The molecule has 0 radical (unpaired) electrons. The molecule has 0 fully saturated rings. The van der Waals surface area contributed by atoms with Crippen LogP contribution in [-0.4, -0.2) is 9.38 Å². The van der Waals surface area contributed by atoms with Gasteiger partial charge in [-0.1, -0.05) is 46.3 Å². The summed E-state index contributed by atoms with van der Waals surface area (Å²) in [5.41, 5.74) is 4.26. The summed E-state index contributed by atoms with van der Waals surface area (Å²) in [5, 5.41) is 1.22. The van der Waals surface area contributed by atoms with Gasteiger partial charge in [-0.05, 0) is 35.7 Å². The van der Waals surface area contributed by atoms with E-state index in [4.69, 9.17) is 4.98 Å². The van der Waals surface area contributed by atoms with E-state index in [0.29, 0.717) is 0 Å². The normalized spacial score (nSPS) is 11.2. The number of benzene rings is 2. The first-order valence-corrected chi connectivity index (χ1v) is 7.23. The molecule has 0 amide bonds. The average Bonchev–Trinajstić information content (AvgIpc) is 2.92. The van der Waals surface area contributed by atoms with Gasteiger partial charge in [-0.2, -0.15) is 0 Å². The Morgan fingerprint density at radius 2 is 1.80 bits per heavy atom. The number of aromatic nitrogens is 2. The van der Waals surface area contributed by atoms with Gasteiger partial charge in [-0.3, -0.25) is 4.40 Å². The fourth-order valence-electron chi connectivity index (χ4n) is 2.50. The summed E-state index contributed by atoms with van der Waals surface area (Å²) in [5.74, 6) is 0. The molecule has 0 aliphatic rings. The van der Waals surface area contributed by atoms with Crippen LogP contribution < -0.4 is 0 Å². The first-order chi connectivity index (χ1) is 9.81. The van der Waals surface area contributed by atoms with Crippen molar-refractivity contribution in [2.45, 2.75) is 0 Å². The van der Waals surface area contributed by atoms with Crippen LogP contribution in [0.25, 0.3) is 27.8 Å². The van der Waals surface area contributed by atoms with Gasteiger partial charge in [0, 0.05) is 16.2 Å². The average molecular weight is 323 g/mol. The largest absolute Gasteiger partial charge is 0.299 e. The Bertz CT molecular complexity index is 924. The molecule has 0 saturated heterocycles. The van der Waals surface area contributed by atoms with Gasteiger partial charge in [0.1, 0.15) is 5.65 Å². The van der Waals surface area contributed by atoms with Crippen molar-refractivity contribution in [3.63, 3.8) is 0 Å². The Balaban J connectivity index is 2.01. The van der Waals surface area contributed by atoms with Crippen molar-refractivity contribution >= 4 is 32.5 Å². The van der Waals surface area contributed by atoms with E-state index in [1.54, 1.807) is 0 Å². The highest BCUT2D eigenvalue weighted by molar-refractivity contribution is 9.10. The molecule has 4 aromatic rings. The first kappa shape index (κ1) is 11.7.